The smallest absolute Gasteiger partial charge is 0.146 e. The molecule has 2 heteroatoms. The van der Waals surface area contributed by atoms with Gasteiger partial charge in [0.1, 0.15) is 6.29 Å². The Morgan fingerprint density at radius 3 is 2.45 bits per heavy atom. The first-order valence-corrected chi connectivity index (χ1v) is 12.1. The molecule has 2 nitrogen and oxygen atoms in total. The minimum absolute atomic E-state index is 0.108. The Kier molecular flexibility index (Phi) is 8.13. The number of aldehydes is 1. The van der Waals surface area contributed by atoms with E-state index in [2.05, 4.69) is 93.3 Å². The molecule has 0 aromatic heterocycles. The summed E-state index contributed by atoms with van der Waals surface area (Å²) in [4.78, 5) is 13.7. The molecule has 0 saturated heterocycles. The predicted octanol–water partition coefficient (Wildman–Crippen LogP) is 7.88. The summed E-state index contributed by atoms with van der Waals surface area (Å²) < 4.78 is 0. The maximum absolute atomic E-state index is 11.7. The Morgan fingerprint density at radius 1 is 1.09 bits per heavy atom. The zero-order chi connectivity index (χ0) is 24.0. The predicted molar refractivity (Wildman–Crippen MR) is 143 cm³/mol. The average molecular weight is 442 g/mol. The third kappa shape index (κ3) is 6.35. The van der Waals surface area contributed by atoms with Gasteiger partial charge in [-0.3, -0.25) is 4.79 Å². The number of carbonyl (C=O) groups is 1. The van der Waals surface area contributed by atoms with Gasteiger partial charge in [-0.15, -0.1) is 0 Å². The molecule has 0 amide bonds. The summed E-state index contributed by atoms with van der Waals surface area (Å²) in [7, 11) is 4.08. The molecule has 0 spiro atoms. The van der Waals surface area contributed by atoms with Gasteiger partial charge in [0.15, 0.2) is 0 Å². The van der Waals surface area contributed by atoms with Crippen LogP contribution in [0.2, 0.25) is 0 Å². The molecule has 0 saturated carbocycles. The molecular formula is C31H39NO. The van der Waals surface area contributed by atoms with Crippen molar-refractivity contribution in [3.8, 4) is 0 Å². The maximum Gasteiger partial charge on any atom is 0.146 e. The van der Waals surface area contributed by atoms with Gasteiger partial charge in [0.05, 0.1) is 0 Å². The molecule has 1 unspecified atom stereocenters. The van der Waals surface area contributed by atoms with Gasteiger partial charge < -0.3 is 4.90 Å². The van der Waals surface area contributed by atoms with E-state index in [4.69, 9.17) is 0 Å². The van der Waals surface area contributed by atoms with Gasteiger partial charge in [-0.25, -0.2) is 0 Å². The zero-order valence-corrected chi connectivity index (χ0v) is 21.2. The number of nitrogens with zero attached hydrogens (tertiary/aromatic N) is 1. The monoisotopic (exact) mass is 441 g/mol. The standard InChI is InChI=1S/C31H39NO/c1-23(12-19-30-24(2)10-8-20-31(30,3)4)9-7-11-25-13-14-27(22-33)29(21-25)26-15-17-28(18-16-26)32(5)6/h7,9,11-19,22,29H,8,10,20-21H2,1-6H3. The van der Waals surface area contributed by atoms with Crippen LogP contribution in [0.5, 0.6) is 0 Å². The van der Waals surface area contributed by atoms with Gasteiger partial charge >= 0.3 is 0 Å². The van der Waals surface area contributed by atoms with Crippen molar-refractivity contribution in [2.24, 2.45) is 5.41 Å². The third-order valence-corrected chi connectivity index (χ3v) is 7.00. The molecule has 3 rings (SSSR count). The van der Waals surface area contributed by atoms with E-state index in [9.17, 15) is 4.79 Å². The van der Waals surface area contributed by atoms with Crippen LogP contribution in [-0.4, -0.2) is 20.4 Å². The van der Waals surface area contributed by atoms with E-state index in [1.54, 1.807) is 0 Å². The lowest BCUT2D eigenvalue weighted by Gasteiger charge is -2.32. The van der Waals surface area contributed by atoms with E-state index in [-0.39, 0.29) is 11.3 Å². The second-order valence-electron chi connectivity index (χ2n) is 10.3. The molecule has 1 aromatic carbocycles. The summed E-state index contributed by atoms with van der Waals surface area (Å²) in [6, 6.07) is 8.52. The number of hydrogen-bond acceptors (Lipinski definition) is 2. The Hall–Kier alpha value is -2.87. The van der Waals surface area contributed by atoms with Gasteiger partial charge in [0.2, 0.25) is 0 Å². The Bertz CT molecular complexity index is 1040. The number of benzene rings is 1. The molecule has 0 heterocycles. The molecule has 33 heavy (non-hydrogen) atoms. The first-order chi connectivity index (χ1) is 15.7. The van der Waals surface area contributed by atoms with Gasteiger partial charge in [0.25, 0.3) is 0 Å². The molecule has 174 valence electrons. The van der Waals surface area contributed by atoms with E-state index in [0.717, 1.165) is 24.0 Å². The number of hydrogen-bond donors (Lipinski definition) is 0. The zero-order valence-electron chi connectivity index (χ0n) is 21.2. The highest BCUT2D eigenvalue weighted by atomic mass is 16.1. The van der Waals surface area contributed by atoms with Crippen LogP contribution in [0.25, 0.3) is 0 Å². The first kappa shape index (κ1) is 24.8. The maximum atomic E-state index is 11.7. The van der Waals surface area contributed by atoms with Crippen LogP contribution in [0.15, 0.2) is 94.7 Å². The SMILES string of the molecule is CC(C=CC1=C(C)CCCC1(C)C)=CC=CC1=CC=C(C=O)C(c2ccc(N(C)C)cc2)C1. The number of rotatable bonds is 7. The van der Waals surface area contributed by atoms with Gasteiger partial charge in [-0.1, -0.05) is 79.7 Å². The summed E-state index contributed by atoms with van der Waals surface area (Å²) in [6.45, 7) is 9.15. The van der Waals surface area contributed by atoms with Crippen molar-refractivity contribution >= 4 is 12.0 Å². The number of allylic oxidation sites excluding steroid dienone is 12. The largest absolute Gasteiger partial charge is 0.378 e. The van der Waals surface area contributed by atoms with Crippen molar-refractivity contribution in [1.29, 1.82) is 0 Å². The van der Waals surface area contributed by atoms with E-state index >= 15 is 0 Å². The highest BCUT2D eigenvalue weighted by Gasteiger charge is 2.26. The first-order valence-electron chi connectivity index (χ1n) is 12.1. The van der Waals surface area contributed by atoms with Crippen molar-refractivity contribution < 1.29 is 4.79 Å². The normalized spacial score (nSPS) is 21.4. The average Bonchev–Trinajstić information content (AvgIpc) is 2.78. The van der Waals surface area contributed by atoms with Crippen LogP contribution < -0.4 is 4.90 Å². The Labute approximate surface area is 200 Å². The molecule has 0 N–H and O–H groups in total. The van der Waals surface area contributed by atoms with Gasteiger partial charge in [-0.2, -0.15) is 0 Å². The van der Waals surface area contributed by atoms with Crippen LogP contribution in [-0.2, 0) is 4.79 Å². The van der Waals surface area contributed by atoms with Crippen molar-refractivity contribution in [3.63, 3.8) is 0 Å². The molecule has 2 aliphatic carbocycles. The van der Waals surface area contributed by atoms with Gasteiger partial charge in [-0.05, 0) is 79.4 Å². The van der Waals surface area contributed by atoms with Crippen molar-refractivity contribution in [3.05, 3.63) is 100 Å². The fraction of sp³-hybridized carbons (Fsp3) is 0.387. The van der Waals surface area contributed by atoms with Crippen molar-refractivity contribution in [2.45, 2.75) is 59.3 Å². The van der Waals surface area contributed by atoms with Crippen molar-refractivity contribution in [2.75, 3.05) is 19.0 Å². The molecule has 2 aliphatic rings. The van der Waals surface area contributed by atoms with Crippen LogP contribution in [0.3, 0.4) is 0 Å². The highest BCUT2D eigenvalue weighted by Crippen LogP contribution is 2.41. The summed E-state index contributed by atoms with van der Waals surface area (Å²) in [6.07, 6.45) is 20.7. The quantitative estimate of drug-likeness (QED) is 0.317. The number of carbonyl (C=O) groups excluding carboxylic acids is 1. The van der Waals surface area contributed by atoms with E-state index in [1.165, 1.54) is 47.1 Å². The Morgan fingerprint density at radius 2 is 1.82 bits per heavy atom. The lowest BCUT2D eigenvalue weighted by molar-refractivity contribution is -0.105. The minimum Gasteiger partial charge on any atom is -0.378 e. The summed E-state index contributed by atoms with van der Waals surface area (Å²) in [5.41, 5.74) is 8.97. The lowest BCUT2D eigenvalue weighted by Crippen LogP contribution is -2.19. The highest BCUT2D eigenvalue weighted by molar-refractivity contribution is 5.78. The van der Waals surface area contributed by atoms with E-state index < -0.39 is 0 Å². The second-order valence-corrected chi connectivity index (χ2v) is 10.3. The molecule has 0 aliphatic heterocycles. The van der Waals surface area contributed by atoms with Gasteiger partial charge in [0, 0.05) is 25.7 Å². The summed E-state index contributed by atoms with van der Waals surface area (Å²) >= 11 is 0. The fourth-order valence-electron chi connectivity index (χ4n) is 4.91. The van der Waals surface area contributed by atoms with Crippen molar-refractivity contribution in [1.82, 2.24) is 0 Å². The van der Waals surface area contributed by atoms with Crippen LogP contribution in [0.1, 0.15) is 64.9 Å². The topological polar surface area (TPSA) is 20.3 Å². The minimum atomic E-state index is 0.108. The van der Waals surface area contributed by atoms with Crippen LogP contribution >= 0.6 is 0 Å². The Balaban J connectivity index is 1.70. The molecule has 0 fully saturated rings. The van der Waals surface area contributed by atoms with Crippen LogP contribution in [0, 0.1) is 5.41 Å². The fourth-order valence-corrected chi connectivity index (χ4v) is 4.91. The molecule has 0 radical (unpaired) electrons. The molecule has 1 atom stereocenters. The van der Waals surface area contributed by atoms with E-state index in [1.807, 2.05) is 20.2 Å². The molecule has 0 bridgehead atoms. The molecule has 1 aromatic rings. The third-order valence-electron chi connectivity index (χ3n) is 7.00. The number of anilines is 1. The van der Waals surface area contributed by atoms with Crippen LogP contribution in [0.4, 0.5) is 5.69 Å². The summed E-state index contributed by atoms with van der Waals surface area (Å²) in [5, 5.41) is 0. The molecular weight excluding hydrogens is 402 g/mol. The summed E-state index contributed by atoms with van der Waals surface area (Å²) in [5.74, 6) is 0.108. The second kappa shape index (κ2) is 10.8. The lowest BCUT2D eigenvalue weighted by atomic mass is 9.72. The van der Waals surface area contributed by atoms with E-state index in [0.29, 0.717) is 0 Å².